The Morgan fingerprint density at radius 2 is 1.57 bits per heavy atom. The second-order valence-electron chi connectivity index (χ2n) is 0.758. The van der Waals surface area contributed by atoms with Crippen LogP contribution in [0, 0.1) is 4.29 Å². The summed E-state index contributed by atoms with van der Waals surface area (Å²) in [6.07, 6.45) is -4.40. The highest BCUT2D eigenvalue weighted by Gasteiger charge is 2.37. The molecule has 1 radical (unpaired) electrons. The van der Waals surface area contributed by atoms with Crippen molar-refractivity contribution in [3.63, 3.8) is 0 Å². The van der Waals surface area contributed by atoms with E-state index in [1.807, 2.05) is 0 Å². The zero-order chi connectivity index (χ0) is 6.08. The standard InChI is InChI=1S/C2BrClF3/c3-1(4)2(5,6)7. The van der Waals surface area contributed by atoms with E-state index < -0.39 is 10.5 Å². The molecule has 0 bridgehead atoms. The van der Waals surface area contributed by atoms with E-state index in [9.17, 15) is 13.2 Å². The fraction of sp³-hybridized carbons (Fsp3) is 0.500. The van der Waals surface area contributed by atoms with Crippen LogP contribution in [0.2, 0.25) is 0 Å². The van der Waals surface area contributed by atoms with Crippen LogP contribution in [0.3, 0.4) is 0 Å². The van der Waals surface area contributed by atoms with Crippen LogP contribution < -0.4 is 0 Å². The van der Waals surface area contributed by atoms with Gasteiger partial charge >= 0.3 is 6.18 Å². The third kappa shape index (κ3) is 3.17. The van der Waals surface area contributed by atoms with Gasteiger partial charge in [0.1, 0.15) is 0 Å². The van der Waals surface area contributed by atoms with Crippen molar-refractivity contribution in [3.05, 3.63) is 4.29 Å². The minimum atomic E-state index is -4.40. The Hall–Kier alpha value is 0.560. The monoisotopic (exact) mass is 195 g/mol. The lowest BCUT2D eigenvalue weighted by Crippen LogP contribution is -2.08. The number of hydrogen-bond acceptors (Lipinski definition) is 0. The van der Waals surface area contributed by atoms with E-state index in [1.165, 1.54) is 0 Å². The highest BCUT2D eigenvalue weighted by atomic mass is 79.9. The van der Waals surface area contributed by atoms with Crippen molar-refractivity contribution in [1.29, 1.82) is 0 Å². The first-order chi connectivity index (χ1) is 2.94. The summed E-state index contributed by atoms with van der Waals surface area (Å²) in [4.78, 5) is 0. The third-order valence-corrected chi connectivity index (χ3v) is 0.878. The normalized spacial score (nSPS) is 12.9. The highest BCUT2D eigenvalue weighted by Crippen LogP contribution is 2.35. The second kappa shape index (κ2) is 2.22. The molecule has 43 valence electrons. The zero-order valence-electron chi connectivity index (χ0n) is 2.89. The summed E-state index contributed by atoms with van der Waals surface area (Å²) in [5, 5.41) is 0. The summed E-state index contributed by atoms with van der Waals surface area (Å²) in [6, 6.07) is 0. The molecule has 0 unspecified atom stereocenters. The first-order valence-corrected chi connectivity index (χ1v) is 2.37. The lowest BCUT2D eigenvalue weighted by Gasteiger charge is -2.02. The van der Waals surface area contributed by atoms with Crippen LogP contribution in [0.4, 0.5) is 13.2 Å². The average molecular weight is 196 g/mol. The maximum atomic E-state index is 11.0. The average Bonchev–Trinajstić information content (AvgIpc) is 1.31. The van der Waals surface area contributed by atoms with Crippen molar-refractivity contribution in [3.8, 4) is 0 Å². The van der Waals surface area contributed by atoms with Crippen LogP contribution >= 0.6 is 27.5 Å². The van der Waals surface area contributed by atoms with Gasteiger partial charge in [0.25, 0.3) is 0 Å². The Balaban J connectivity index is 3.54. The first-order valence-electron chi connectivity index (χ1n) is 1.19. The van der Waals surface area contributed by atoms with E-state index in [1.54, 1.807) is 0 Å². The zero-order valence-corrected chi connectivity index (χ0v) is 5.23. The quantitative estimate of drug-likeness (QED) is 0.559. The van der Waals surface area contributed by atoms with Gasteiger partial charge in [-0.3, -0.25) is 0 Å². The Morgan fingerprint density at radius 1 is 1.43 bits per heavy atom. The lowest BCUT2D eigenvalue weighted by atomic mass is 10.8. The minimum absolute atomic E-state index is 1.22. The fourth-order valence-corrected chi connectivity index (χ4v) is 0. The van der Waals surface area contributed by atoms with Gasteiger partial charge in [-0.1, -0.05) is 27.5 Å². The summed E-state index contributed by atoms with van der Waals surface area (Å²) in [5.41, 5.74) is 0. The molecule has 0 aromatic rings. The summed E-state index contributed by atoms with van der Waals surface area (Å²) in [5.74, 6) is 0. The molecule has 0 aromatic carbocycles. The highest BCUT2D eigenvalue weighted by molar-refractivity contribution is 9.11. The predicted molar refractivity (Wildman–Crippen MR) is 24.1 cm³/mol. The maximum Gasteiger partial charge on any atom is 0.420 e. The number of rotatable bonds is 0. The summed E-state index contributed by atoms with van der Waals surface area (Å²) in [7, 11) is 0. The Labute approximate surface area is 51.8 Å². The van der Waals surface area contributed by atoms with Crippen LogP contribution in [0.1, 0.15) is 0 Å². The molecule has 0 aliphatic carbocycles. The van der Waals surface area contributed by atoms with Gasteiger partial charge in [-0.15, -0.1) is 0 Å². The van der Waals surface area contributed by atoms with Gasteiger partial charge in [0, 0.05) is 0 Å². The first kappa shape index (κ1) is 7.56. The molecule has 0 atom stereocenters. The van der Waals surface area contributed by atoms with E-state index in [2.05, 4.69) is 27.5 Å². The molecule has 0 saturated heterocycles. The molecule has 0 nitrogen and oxygen atoms in total. The van der Waals surface area contributed by atoms with Crippen molar-refractivity contribution < 1.29 is 13.2 Å². The van der Waals surface area contributed by atoms with E-state index in [4.69, 9.17) is 0 Å². The van der Waals surface area contributed by atoms with Crippen molar-refractivity contribution >= 4 is 27.5 Å². The molecule has 0 saturated carbocycles. The summed E-state index contributed by atoms with van der Waals surface area (Å²) >= 11 is 6.51. The topological polar surface area (TPSA) is 0 Å². The number of hydrogen-bond donors (Lipinski definition) is 0. The van der Waals surface area contributed by atoms with Crippen molar-refractivity contribution in [2.24, 2.45) is 0 Å². The molecule has 7 heavy (non-hydrogen) atoms. The largest absolute Gasteiger partial charge is 0.420 e. The van der Waals surface area contributed by atoms with Gasteiger partial charge < -0.3 is 0 Å². The molecule has 0 heterocycles. The molecule has 0 amide bonds. The number of alkyl halides is 3. The Kier molecular flexibility index (Phi) is 2.40. The molecule has 0 rings (SSSR count). The Bertz CT molecular complexity index is 58.4. The minimum Gasteiger partial charge on any atom is -0.168 e. The van der Waals surface area contributed by atoms with Gasteiger partial charge in [0.15, 0.2) is 0 Å². The maximum absolute atomic E-state index is 11.0. The molecular formula is C2BrClF3. The Morgan fingerprint density at radius 3 is 1.57 bits per heavy atom. The van der Waals surface area contributed by atoms with E-state index >= 15 is 0 Å². The molecule has 0 N–H and O–H groups in total. The molecule has 0 aliphatic heterocycles. The van der Waals surface area contributed by atoms with Crippen LogP contribution in [0.15, 0.2) is 0 Å². The van der Waals surface area contributed by atoms with Crippen LogP contribution in [-0.4, -0.2) is 6.18 Å². The predicted octanol–water partition coefficient (Wildman–Crippen LogP) is 2.67. The third-order valence-electron chi connectivity index (χ3n) is 0.214. The van der Waals surface area contributed by atoms with E-state index in [-0.39, 0.29) is 0 Å². The van der Waals surface area contributed by atoms with Crippen LogP contribution in [-0.2, 0) is 0 Å². The lowest BCUT2D eigenvalue weighted by molar-refractivity contribution is -0.0916. The molecule has 0 spiro atoms. The van der Waals surface area contributed by atoms with Crippen molar-refractivity contribution in [2.45, 2.75) is 6.18 Å². The fourth-order valence-electron chi connectivity index (χ4n) is 0. The summed E-state index contributed by atoms with van der Waals surface area (Å²) < 4.78 is 31.7. The van der Waals surface area contributed by atoms with E-state index in [0.717, 1.165) is 0 Å². The molecule has 0 aromatic heterocycles. The molecule has 0 fully saturated rings. The van der Waals surface area contributed by atoms with Gasteiger partial charge in [-0.25, -0.2) is 0 Å². The van der Waals surface area contributed by atoms with Gasteiger partial charge in [-0.05, 0) is 0 Å². The molecule has 5 heteroatoms. The van der Waals surface area contributed by atoms with Crippen LogP contribution in [0.25, 0.3) is 0 Å². The second-order valence-corrected chi connectivity index (χ2v) is 2.39. The summed E-state index contributed by atoms with van der Waals surface area (Å²) in [6.45, 7) is 0. The van der Waals surface area contributed by atoms with Gasteiger partial charge in [0.05, 0.1) is 0 Å². The number of halogens is 5. The van der Waals surface area contributed by atoms with E-state index in [0.29, 0.717) is 0 Å². The SMILES string of the molecule is FC(F)(F)[C](Cl)Br. The van der Waals surface area contributed by atoms with Crippen molar-refractivity contribution in [1.82, 2.24) is 0 Å². The molecule has 0 aliphatic rings. The van der Waals surface area contributed by atoms with Gasteiger partial charge in [0.2, 0.25) is 4.29 Å². The van der Waals surface area contributed by atoms with Crippen molar-refractivity contribution in [2.75, 3.05) is 0 Å². The molecular weight excluding hydrogens is 196 g/mol. The smallest absolute Gasteiger partial charge is 0.168 e. The van der Waals surface area contributed by atoms with Crippen LogP contribution in [0.5, 0.6) is 0 Å². The van der Waals surface area contributed by atoms with Gasteiger partial charge in [-0.2, -0.15) is 13.2 Å².